The molecule has 5 aliphatic heterocycles. The van der Waals surface area contributed by atoms with Crippen molar-refractivity contribution in [1.82, 2.24) is 20.6 Å². The number of rotatable bonds is 25. The molecule has 24 nitrogen and oxygen atoms in total. The van der Waals surface area contributed by atoms with E-state index in [4.69, 9.17) is 54.3 Å². The van der Waals surface area contributed by atoms with Crippen LogP contribution in [0.15, 0.2) is 35.9 Å². The Hall–Kier alpha value is -5.51. The zero-order valence-electron chi connectivity index (χ0n) is 49.0. The quantitative estimate of drug-likeness (QED) is 0.0527. The van der Waals surface area contributed by atoms with Crippen LogP contribution in [0, 0.1) is 18.8 Å². The van der Waals surface area contributed by atoms with Crippen molar-refractivity contribution in [2.24, 2.45) is 11.8 Å². The van der Waals surface area contributed by atoms with Gasteiger partial charge in [0.05, 0.1) is 87.8 Å². The number of nitrogens with one attached hydrogen (secondary N) is 2. The Labute approximate surface area is 494 Å². The third-order valence-electron chi connectivity index (χ3n) is 14.6. The molecule has 4 bridgehead atoms. The number of halogens is 1. The van der Waals surface area contributed by atoms with E-state index < -0.39 is 88.6 Å². The molecule has 26 heteroatoms. The van der Waals surface area contributed by atoms with Crippen LogP contribution in [0.25, 0.3) is 0 Å². The lowest BCUT2D eigenvalue weighted by Crippen LogP contribution is -2.60. The Morgan fingerprint density at radius 1 is 0.892 bits per heavy atom. The topological polar surface area (TPSA) is 294 Å². The number of amides is 7. The monoisotopic (exact) mass is 1210 g/mol. The van der Waals surface area contributed by atoms with Gasteiger partial charge in [0.2, 0.25) is 23.6 Å². The van der Waals surface area contributed by atoms with Gasteiger partial charge in [0.15, 0.2) is 6.10 Å². The molecule has 1 unspecified atom stereocenters. The number of nitrogens with zero attached hydrogens (tertiary/aromatic N) is 3. The van der Waals surface area contributed by atoms with Crippen molar-refractivity contribution < 1.29 is 91.0 Å². The maximum Gasteiger partial charge on any atom is 0.409 e. The molecule has 7 amide bonds. The number of hydroxylamine groups is 2. The number of thioether (sulfide) groups is 1. The van der Waals surface area contributed by atoms with E-state index in [1.807, 2.05) is 65.0 Å². The number of hydrogen-bond donors (Lipinski definition) is 3. The Balaban J connectivity index is 0.000000440. The second-order valence-electron chi connectivity index (χ2n) is 21.0. The number of aliphatic hydroxyl groups is 1. The molecular formula is C57H82ClN5O19S. The molecule has 3 N–H and O–H groups in total. The van der Waals surface area contributed by atoms with Crippen molar-refractivity contribution in [2.45, 2.75) is 148 Å². The Morgan fingerprint density at radius 2 is 1.54 bits per heavy atom. The summed E-state index contributed by atoms with van der Waals surface area (Å²) in [6, 6.07) is 3.82. The van der Waals surface area contributed by atoms with Crippen LogP contribution in [0.3, 0.4) is 0 Å². The number of esters is 1. The number of hydrogen-bond acceptors (Lipinski definition) is 20. The first-order chi connectivity index (χ1) is 39.4. The summed E-state index contributed by atoms with van der Waals surface area (Å²) in [6.45, 7) is 18.5. The van der Waals surface area contributed by atoms with E-state index in [0.29, 0.717) is 80.7 Å². The second-order valence-corrected chi connectivity index (χ2v) is 22.7. The van der Waals surface area contributed by atoms with E-state index >= 15 is 0 Å². The third kappa shape index (κ3) is 20.1. The van der Waals surface area contributed by atoms with Crippen molar-refractivity contribution in [2.75, 3.05) is 90.3 Å². The molecule has 0 radical (unpaired) electrons. The fourth-order valence-corrected chi connectivity index (χ4v) is 10.8. The smallest absolute Gasteiger partial charge is 0.409 e. The largest absolute Gasteiger partial charge is 0.457 e. The van der Waals surface area contributed by atoms with E-state index in [9.17, 15) is 48.3 Å². The molecule has 5 heterocycles. The van der Waals surface area contributed by atoms with E-state index in [2.05, 4.69) is 10.6 Å². The maximum absolute atomic E-state index is 14.1. The second kappa shape index (κ2) is 32.7. The third-order valence-corrected chi connectivity index (χ3v) is 16.2. The number of carbonyl (C=O) groups excluding carboxylic acids is 9. The minimum atomic E-state index is -1.62. The van der Waals surface area contributed by atoms with Gasteiger partial charge in [-0.3, -0.25) is 39.0 Å². The molecule has 0 saturated carbocycles. The number of ether oxygens (including phenoxy) is 8. The minimum absolute atomic E-state index is 0.0104. The molecule has 83 heavy (non-hydrogen) atoms. The Kier molecular flexibility index (Phi) is 26.9. The van der Waals surface area contributed by atoms with Crippen molar-refractivity contribution in [3.05, 3.63) is 52.1 Å². The van der Waals surface area contributed by atoms with Gasteiger partial charge in [-0.05, 0) is 65.2 Å². The lowest BCUT2D eigenvalue weighted by Gasteiger charge is -2.41. The molecule has 0 aliphatic carbocycles. The fraction of sp³-hybridized carbons (Fsp3) is 0.667. The molecule has 4 saturated heterocycles. The number of epoxide rings is 1. The van der Waals surface area contributed by atoms with Crippen LogP contribution in [0.5, 0.6) is 0 Å². The molecule has 5 aliphatic rings. The van der Waals surface area contributed by atoms with E-state index in [-0.39, 0.29) is 82.4 Å². The van der Waals surface area contributed by atoms with Gasteiger partial charge in [0, 0.05) is 76.4 Å². The molecule has 0 aromatic heterocycles. The lowest BCUT2D eigenvalue weighted by atomic mass is 9.82. The molecule has 6 rings (SSSR count). The van der Waals surface area contributed by atoms with E-state index in [1.54, 1.807) is 20.9 Å². The summed E-state index contributed by atoms with van der Waals surface area (Å²) in [5, 5.41) is 17.2. The average Bonchev–Trinajstić information content (AvgIpc) is 1.93. The standard InChI is InChI=1S/C42H57ClN4O11S.C15H25NO8/c1-9-44-33(48)13-14-47-35(50)20-31(38(47)51)59-16-15-55-27(6)39(52)57-32-21-34(49)46(8)29-19-28(18-24(3)36(29)43)17-23(2)11-10-12-25(4)42(54)22-30(56-40(53)45-42)26(5)37-41(32,7)58-37;1-2-20-7-8-22-11-12-23-10-9-21-6-5-15(19)24-16-13(17)3-4-14(16)18/h10-12,18-19,25-27,30-32,37,54H,9,13-17,20-22H2,1-8H3,(H,44,48)(H,45,53);2-12H2,1H3/b12-10+,23-11+;/t25-,26-,27+,30+,31?,32+,37+,41+,42+;/m1./s1. The molecule has 1 aromatic rings. The summed E-state index contributed by atoms with van der Waals surface area (Å²) in [5.74, 6) is -4.43. The van der Waals surface area contributed by atoms with Crippen molar-refractivity contribution in [3.8, 4) is 0 Å². The molecule has 1 aromatic carbocycles. The summed E-state index contributed by atoms with van der Waals surface area (Å²) < 4.78 is 44.7. The van der Waals surface area contributed by atoms with Gasteiger partial charge < -0.3 is 58.1 Å². The SMILES string of the molecule is CCNC(=O)CCN1C(=O)CC(SCCO[C@@H](C)C(=O)O[C@H]2CC(=O)N(C)c3cc(cc(C)c3Cl)C/C(C)=C/C=C/[C@@H](C)[C@@]3(O)C[C@H](OC(=O)N3)[C@@H](C)[C@@H]3O[C@@]23C)C1=O.CCOCCOCCOCCOCCC(=O)ON1C(=O)CCC1=O. The van der Waals surface area contributed by atoms with Crippen LogP contribution in [0.2, 0.25) is 5.02 Å². The average molecular weight is 1210 g/mol. The maximum atomic E-state index is 14.1. The normalized spacial score (nSPS) is 26.9. The molecule has 0 spiro atoms. The molecule has 462 valence electrons. The number of imide groups is 2. The molecule has 4 fully saturated rings. The highest BCUT2D eigenvalue weighted by Gasteiger charge is 2.64. The fourth-order valence-electron chi connectivity index (χ4n) is 9.55. The minimum Gasteiger partial charge on any atom is -0.457 e. The van der Waals surface area contributed by atoms with Crippen molar-refractivity contribution in [1.29, 1.82) is 0 Å². The van der Waals surface area contributed by atoms with Gasteiger partial charge in [0.25, 0.3) is 11.8 Å². The molecule has 9 atom stereocenters. The number of anilines is 1. The van der Waals surface area contributed by atoms with Gasteiger partial charge in [-0.25, -0.2) is 14.4 Å². The zero-order valence-corrected chi connectivity index (χ0v) is 50.6. The highest BCUT2D eigenvalue weighted by Crippen LogP contribution is 2.49. The van der Waals surface area contributed by atoms with Crippen LogP contribution in [0.4, 0.5) is 10.5 Å². The van der Waals surface area contributed by atoms with Crippen molar-refractivity contribution >= 4 is 82.5 Å². The highest BCUT2D eigenvalue weighted by molar-refractivity contribution is 8.00. The van der Waals surface area contributed by atoms with Crippen LogP contribution < -0.4 is 15.5 Å². The van der Waals surface area contributed by atoms with E-state index in [0.717, 1.165) is 21.6 Å². The number of allylic oxidation sites excluding steroid dienone is 3. The summed E-state index contributed by atoms with van der Waals surface area (Å²) in [7, 11) is 1.61. The van der Waals surface area contributed by atoms with Gasteiger partial charge in [-0.15, -0.1) is 16.8 Å². The number of alkyl carbamates (subject to hydrolysis) is 1. The lowest BCUT2D eigenvalue weighted by molar-refractivity contribution is -0.198. The van der Waals surface area contributed by atoms with Gasteiger partial charge in [0.1, 0.15) is 23.5 Å². The van der Waals surface area contributed by atoms with Crippen molar-refractivity contribution in [3.63, 3.8) is 0 Å². The summed E-state index contributed by atoms with van der Waals surface area (Å²) in [5.41, 5.74) is 0.395. The summed E-state index contributed by atoms with van der Waals surface area (Å²) in [6.07, 6.45) is 1.72. The first-order valence-electron chi connectivity index (χ1n) is 28.1. The predicted molar refractivity (Wildman–Crippen MR) is 302 cm³/mol. The van der Waals surface area contributed by atoms with Crippen LogP contribution in [-0.2, 0) is 87.5 Å². The number of carbonyl (C=O) groups is 9. The number of likely N-dealkylation sites (tertiary alicyclic amines) is 1. The van der Waals surface area contributed by atoms with E-state index in [1.165, 1.54) is 23.6 Å². The first kappa shape index (κ1) is 68.3. The number of benzene rings is 1. The Bertz CT molecular complexity index is 2520. The number of aryl methyl sites for hydroxylation is 1. The van der Waals surface area contributed by atoms with Gasteiger partial charge >= 0.3 is 18.0 Å². The van der Waals surface area contributed by atoms with Crippen LogP contribution >= 0.6 is 23.4 Å². The number of fused-ring (bicyclic) bond motifs is 5. The highest BCUT2D eigenvalue weighted by atomic mass is 35.5. The van der Waals surface area contributed by atoms with Gasteiger partial charge in [-0.2, -0.15) is 0 Å². The Morgan fingerprint density at radius 3 is 2.19 bits per heavy atom. The van der Waals surface area contributed by atoms with Gasteiger partial charge in [-0.1, -0.05) is 55.3 Å². The molecular weight excluding hydrogens is 1130 g/mol. The zero-order chi connectivity index (χ0) is 61.0. The van der Waals surface area contributed by atoms with Crippen LogP contribution in [-0.4, -0.2) is 195 Å². The van der Waals surface area contributed by atoms with Crippen LogP contribution in [0.1, 0.15) is 105 Å². The summed E-state index contributed by atoms with van der Waals surface area (Å²) in [4.78, 5) is 119. The summed E-state index contributed by atoms with van der Waals surface area (Å²) >= 11 is 8.01. The first-order valence-corrected chi connectivity index (χ1v) is 29.6. The predicted octanol–water partition coefficient (Wildman–Crippen LogP) is 4.45.